The van der Waals surface area contributed by atoms with Gasteiger partial charge in [0.25, 0.3) is 0 Å². The lowest BCUT2D eigenvalue weighted by Crippen LogP contribution is -2.31. The topological polar surface area (TPSA) is 25.2 Å². The average molecular weight is 214 g/mol. The average Bonchev–Trinajstić information content (AvgIpc) is 2.47. The van der Waals surface area contributed by atoms with Gasteiger partial charge < -0.3 is 9.73 Å². The van der Waals surface area contributed by atoms with Crippen molar-refractivity contribution in [2.75, 3.05) is 6.54 Å². The fourth-order valence-electron chi connectivity index (χ4n) is 2.05. The van der Waals surface area contributed by atoms with Crippen molar-refractivity contribution < 1.29 is 4.42 Å². The van der Waals surface area contributed by atoms with Gasteiger partial charge in [0.1, 0.15) is 0 Å². The third kappa shape index (κ3) is 1.82. The second-order valence-corrected chi connectivity index (χ2v) is 4.22. The van der Waals surface area contributed by atoms with Crippen LogP contribution in [-0.4, -0.2) is 6.54 Å². The van der Waals surface area contributed by atoms with E-state index in [-0.39, 0.29) is 0 Å². The first kappa shape index (κ1) is 10.1. The van der Waals surface area contributed by atoms with E-state index in [2.05, 4.69) is 12.2 Å². The summed E-state index contributed by atoms with van der Waals surface area (Å²) in [6.07, 6.45) is 5.63. The third-order valence-corrected chi connectivity index (χ3v) is 3.33. The van der Waals surface area contributed by atoms with Crippen molar-refractivity contribution >= 4 is 11.6 Å². The summed E-state index contributed by atoms with van der Waals surface area (Å²) in [6, 6.07) is 2.37. The van der Waals surface area contributed by atoms with Gasteiger partial charge in [-0.15, -0.1) is 0 Å². The molecule has 14 heavy (non-hydrogen) atoms. The Morgan fingerprint density at radius 1 is 1.64 bits per heavy atom. The van der Waals surface area contributed by atoms with Gasteiger partial charge in [0, 0.05) is 11.6 Å². The zero-order chi connectivity index (χ0) is 9.97. The molecule has 1 aromatic heterocycles. The van der Waals surface area contributed by atoms with Crippen LogP contribution in [0.25, 0.3) is 0 Å². The summed E-state index contributed by atoms with van der Waals surface area (Å²) in [5.41, 5.74) is 1.12. The van der Waals surface area contributed by atoms with E-state index in [1.54, 1.807) is 6.26 Å². The maximum absolute atomic E-state index is 5.99. The molecule has 1 N–H and O–H groups in total. The van der Waals surface area contributed by atoms with Crippen LogP contribution < -0.4 is 5.32 Å². The van der Waals surface area contributed by atoms with Crippen LogP contribution in [-0.2, 0) is 0 Å². The number of hydrogen-bond donors (Lipinski definition) is 1. The molecule has 3 heteroatoms. The summed E-state index contributed by atoms with van der Waals surface area (Å²) in [4.78, 5) is 0. The van der Waals surface area contributed by atoms with Crippen LogP contribution >= 0.6 is 11.6 Å². The largest absolute Gasteiger partial charge is 0.453 e. The highest BCUT2D eigenvalue weighted by Gasteiger charge is 2.29. The monoisotopic (exact) mass is 213 g/mol. The standard InChI is InChI=1S/C11H16ClNO/c1-2-13-10(8-4-3-5-8)9-6-7-14-11(9)12/h6-8,10,13H,2-5H2,1H3. The molecule has 1 saturated carbocycles. The van der Waals surface area contributed by atoms with E-state index in [0.717, 1.165) is 18.0 Å². The van der Waals surface area contributed by atoms with E-state index in [1.807, 2.05) is 6.07 Å². The second-order valence-electron chi connectivity index (χ2n) is 3.88. The summed E-state index contributed by atoms with van der Waals surface area (Å²) in [5.74, 6) is 0.741. The first-order valence-corrected chi connectivity index (χ1v) is 5.67. The summed E-state index contributed by atoms with van der Waals surface area (Å²) >= 11 is 5.99. The van der Waals surface area contributed by atoms with Gasteiger partial charge >= 0.3 is 0 Å². The first-order chi connectivity index (χ1) is 6.83. The van der Waals surface area contributed by atoms with E-state index >= 15 is 0 Å². The van der Waals surface area contributed by atoms with Crippen LogP contribution in [0, 0.1) is 5.92 Å². The molecule has 1 unspecified atom stereocenters. The van der Waals surface area contributed by atoms with Crippen molar-refractivity contribution in [3.63, 3.8) is 0 Å². The van der Waals surface area contributed by atoms with Gasteiger partial charge in [-0.05, 0) is 43.0 Å². The molecule has 0 radical (unpaired) electrons. The van der Waals surface area contributed by atoms with Crippen LogP contribution in [0.5, 0.6) is 0 Å². The normalized spacial score (nSPS) is 19.3. The molecule has 0 bridgehead atoms. The maximum Gasteiger partial charge on any atom is 0.197 e. The summed E-state index contributed by atoms with van der Waals surface area (Å²) < 4.78 is 5.14. The zero-order valence-corrected chi connectivity index (χ0v) is 9.18. The predicted octanol–water partition coefficient (Wildman–Crippen LogP) is 3.38. The number of furan rings is 1. The molecule has 1 aliphatic carbocycles. The van der Waals surface area contributed by atoms with Crippen LogP contribution in [0.4, 0.5) is 0 Å². The van der Waals surface area contributed by atoms with Gasteiger partial charge in [-0.1, -0.05) is 13.3 Å². The minimum atomic E-state index is 0.389. The van der Waals surface area contributed by atoms with Crippen molar-refractivity contribution in [3.8, 4) is 0 Å². The van der Waals surface area contributed by atoms with E-state index < -0.39 is 0 Å². The third-order valence-electron chi connectivity index (χ3n) is 3.03. The van der Waals surface area contributed by atoms with Gasteiger partial charge in [0.05, 0.1) is 6.26 Å². The molecule has 1 heterocycles. The second kappa shape index (κ2) is 4.37. The molecule has 0 amide bonds. The van der Waals surface area contributed by atoms with Crippen molar-refractivity contribution in [1.82, 2.24) is 5.32 Å². The number of nitrogens with one attached hydrogen (secondary N) is 1. The van der Waals surface area contributed by atoms with E-state index in [9.17, 15) is 0 Å². The molecular weight excluding hydrogens is 198 g/mol. The Morgan fingerprint density at radius 3 is 2.86 bits per heavy atom. The molecule has 1 fully saturated rings. The molecule has 0 saturated heterocycles. The Kier molecular flexibility index (Phi) is 3.14. The molecule has 2 nitrogen and oxygen atoms in total. The molecule has 0 spiro atoms. The SMILES string of the molecule is CCNC(c1ccoc1Cl)C1CCC1. The van der Waals surface area contributed by atoms with Crippen LogP contribution in [0.2, 0.25) is 5.22 Å². The lowest BCUT2D eigenvalue weighted by Gasteiger charge is -2.33. The summed E-state index contributed by atoms with van der Waals surface area (Å²) in [6.45, 7) is 3.10. The van der Waals surface area contributed by atoms with Crippen molar-refractivity contribution in [1.29, 1.82) is 0 Å². The van der Waals surface area contributed by atoms with Crippen LogP contribution in [0.1, 0.15) is 37.8 Å². The number of rotatable bonds is 4. The molecular formula is C11H16ClNO. The Morgan fingerprint density at radius 2 is 2.43 bits per heavy atom. The molecule has 1 atom stereocenters. The highest BCUT2D eigenvalue weighted by Crippen LogP contribution is 2.40. The van der Waals surface area contributed by atoms with Crippen LogP contribution in [0.3, 0.4) is 0 Å². The molecule has 2 rings (SSSR count). The fraction of sp³-hybridized carbons (Fsp3) is 0.636. The molecule has 0 aromatic carbocycles. The highest BCUT2D eigenvalue weighted by atomic mass is 35.5. The predicted molar refractivity (Wildman–Crippen MR) is 57.5 cm³/mol. The van der Waals surface area contributed by atoms with Crippen molar-refractivity contribution in [2.24, 2.45) is 5.92 Å². The Hall–Kier alpha value is -0.470. The summed E-state index contributed by atoms with van der Waals surface area (Å²) in [5, 5.41) is 4.03. The van der Waals surface area contributed by atoms with E-state index in [1.165, 1.54) is 19.3 Å². The smallest absolute Gasteiger partial charge is 0.197 e. The quantitative estimate of drug-likeness (QED) is 0.830. The first-order valence-electron chi connectivity index (χ1n) is 5.29. The van der Waals surface area contributed by atoms with Gasteiger partial charge in [0.2, 0.25) is 0 Å². The fourth-order valence-corrected chi connectivity index (χ4v) is 2.28. The van der Waals surface area contributed by atoms with E-state index in [0.29, 0.717) is 11.3 Å². The van der Waals surface area contributed by atoms with Gasteiger partial charge in [-0.2, -0.15) is 0 Å². The Bertz CT molecular complexity index is 293. The Labute approximate surface area is 89.6 Å². The van der Waals surface area contributed by atoms with Crippen LogP contribution in [0.15, 0.2) is 16.7 Å². The van der Waals surface area contributed by atoms with Gasteiger partial charge in [-0.25, -0.2) is 0 Å². The van der Waals surface area contributed by atoms with Crippen molar-refractivity contribution in [2.45, 2.75) is 32.2 Å². The minimum absolute atomic E-state index is 0.389. The summed E-state index contributed by atoms with van der Waals surface area (Å²) in [7, 11) is 0. The Balaban J connectivity index is 2.13. The maximum atomic E-state index is 5.99. The lowest BCUT2D eigenvalue weighted by molar-refractivity contribution is 0.232. The number of halogens is 1. The van der Waals surface area contributed by atoms with E-state index in [4.69, 9.17) is 16.0 Å². The van der Waals surface area contributed by atoms with Gasteiger partial charge in [0.15, 0.2) is 5.22 Å². The number of hydrogen-bond acceptors (Lipinski definition) is 2. The molecule has 0 aliphatic heterocycles. The lowest BCUT2D eigenvalue weighted by atomic mass is 9.77. The highest BCUT2D eigenvalue weighted by molar-refractivity contribution is 6.29. The minimum Gasteiger partial charge on any atom is -0.453 e. The van der Waals surface area contributed by atoms with Gasteiger partial charge in [-0.3, -0.25) is 0 Å². The zero-order valence-electron chi connectivity index (χ0n) is 8.42. The molecule has 1 aromatic rings. The molecule has 78 valence electrons. The van der Waals surface area contributed by atoms with Crippen molar-refractivity contribution in [3.05, 3.63) is 23.1 Å². The molecule has 1 aliphatic rings.